The third-order valence-electron chi connectivity index (χ3n) is 2.23. The topological polar surface area (TPSA) is 52.0 Å². The highest BCUT2D eigenvalue weighted by molar-refractivity contribution is 6.30. The van der Waals surface area contributed by atoms with Crippen LogP contribution in [0.3, 0.4) is 0 Å². The van der Waals surface area contributed by atoms with Gasteiger partial charge in [0.15, 0.2) is 11.5 Å². The Bertz CT molecular complexity index is 617. The van der Waals surface area contributed by atoms with Crippen LogP contribution in [-0.4, -0.2) is 15.6 Å². The van der Waals surface area contributed by atoms with Gasteiger partial charge in [-0.3, -0.25) is 9.59 Å². The molecular formula is C12H9ClN2O2. The third-order valence-corrected chi connectivity index (χ3v) is 2.48. The summed E-state index contributed by atoms with van der Waals surface area (Å²) in [5.41, 5.74) is 0.294. The first kappa shape index (κ1) is 11.5. The fourth-order valence-electron chi connectivity index (χ4n) is 1.39. The largest absolute Gasteiger partial charge is 0.293 e. The fourth-order valence-corrected chi connectivity index (χ4v) is 1.52. The molecule has 0 amide bonds. The number of carbonyl (C=O) groups excluding carboxylic acids is 1. The van der Waals surface area contributed by atoms with Crippen LogP contribution in [-0.2, 0) is 0 Å². The van der Waals surface area contributed by atoms with Crippen LogP contribution in [0.1, 0.15) is 17.4 Å². The molecule has 4 nitrogen and oxygen atoms in total. The quantitative estimate of drug-likeness (QED) is 0.765. The van der Waals surface area contributed by atoms with Crippen LogP contribution >= 0.6 is 11.6 Å². The Morgan fingerprint density at radius 2 is 1.88 bits per heavy atom. The van der Waals surface area contributed by atoms with E-state index in [1.807, 2.05) is 0 Å². The Kier molecular flexibility index (Phi) is 3.06. The van der Waals surface area contributed by atoms with Crippen molar-refractivity contribution in [1.29, 1.82) is 0 Å². The van der Waals surface area contributed by atoms with E-state index in [4.69, 9.17) is 11.6 Å². The number of hydrogen-bond acceptors (Lipinski definition) is 3. The van der Waals surface area contributed by atoms with Crippen molar-refractivity contribution in [2.45, 2.75) is 6.92 Å². The Balaban J connectivity index is 2.53. The SMILES string of the molecule is CC(=O)c1nn(-c2ccc(Cl)cc2)ccc1=O. The van der Waals surface area contributed by atoms with Crippen molar-refractivity contribution in [2.24, 2.45) is 0 Å². The number of hydrogen-bond donors (Lipinski definition) is 0. The molecular weight excluding hydrogens is 240 g/mol. The summed E-state index contributed by atoms with van der Waals surface area (Å²) in [4.78, 5) is 22.6. The summed E-state index contributed by atoms with van der Waals surface area (Å²) < 4.78 is 1.47. The molecule has 2 aromatic rings. The Hall–Kier alpha value is -1.94. The molecule has 0 aliphatic carbocycles. The van der Waals surface area contributed by atoms with Gasteiger partial charge >= 0.3 is 0 Å². The number of aromatic nitrogens is 2. The minimum absolute atomic E-state index is 0.0672. The zero-order chi connectivity index (χ0) is 12.4. The third kappa shape index (κ3) is 2.42. The van der Waals surface area contributed by atoms with Gasteiger partial charge in [-0.1, -0.05) is 11.6 Å². The Morgan fingerprint density at radius 3 is 2.47 bits per heavy atom. The number of halogens is 1. The van der Waals surface area contributed by atoms with Crippen LogP contribution in [0, 0.1) is 0 Å². The maximum absolute atomic E-state index is 11.4. The van der Waals surface area contributed by atoms with Gasteiger partial charge < -0.3 is 0 Å². The van der Waals surface area contributed by atoms with Crippen LogP contribution < -0.4 is 5.43 Å². The van der Waals surface area contributed by atoms with Gasteiger partial charge in [-0.05, 0) is 24.3 Å². The lowest BCUT2D eigenvalue weighted by Gasteiger charge is -2.05. The molecule has 0 fully saturated rings. The smallest absolute Gasteiger partial charge is 0.211 e. The van der Waals surface area contributed by atoms with Gasteiger partial charge in [0.05, 0.1) is 5.69 Å². The molecule has 0 atom stereocenters. The number of Topliss-reactive ketones (excluding diaryl/α,β-unsaturated/α-hetero) is 1. The van der Waals surface area contributed by atoms with E-state index in [-0.39, 0.29) is 16.9 Å². The second kappa shape index (κ2) is 4.51. The highest BCUT2D eigenvalue weighted by Gasteiger charge is 2.07. The average Bonchev–Trinajstić information content (AvgIpc) is 2.30. The summed E-state index contributed by atoms with van der Waals surface area (Å²) >= 11 is 5.77. The van der Waals surface area contributed by atoms with Gasteiger partial charge in [0.25, 0.3) is 0 Å². The van der Waals surface area contributed by atoms with Crippen molar-refractivity contribution in [3.05, 3.63) is 57.5 Å². The summed E-state index contributed by atoms with van der Waals surface area (Å²) in [5, 5.41) is 4.60. The summed E-state index contributed by atoms with van der Waals surface area (Å²) in [6.07, 6.45) is 1.51. The second-order valence-electron chi connectivity index (χ2n) is 3.51. The lowest BCUT2D eigenvalue weighted by Crippen LogP contribution is -2.18. The van der Waals surface area contributed by atoms with Crippen LogP contribution in [0.15, 0.2) is 41.3 Å². The number of carbonyl (C=O) groups is 1. The van der Waals surface area contributed by atoms with Crippen molar-refractivity contribution in [2.75, 3.05) is 0 Å². The van der Waals surface area contributed by atoms with E-state index in [1.54, 1.807) is 24.3 Å². The predicted octanol–water partition coefficient (Wildman–Crippen LogP) is 2.09. The summed E-state index contributed by atoms with van der Waals surface area (Å²) in [5.74, 6) is -0.349. The van der Waals surface area contributed by atoms with Gasteiger partial charge in [0, 0.05) is 24.2 Å². The summed E-state index contributed by atoms with van der Waals surface area (Å²) in [7, 11) is 0. The molecule has 1 aromatic heterocycles. The number of nitrogens with zero attached hydrogens (tertiary/aromatic N) is 2. The van der Waals surface area contributed by atoms with Crippen LogP contribution in [0.2, 0.25) is 5.02 Å². The van der Waals surface area contributed by atoms with E-state index in [2.05, 4.69) is 5.10 Å². The summed E-state index contributed by atoms with van der Waals surface area (Å²) in [6, 6.07) is 8.25. The fraction of sp³-hybridized carbons (Fsp3) is 0.0833. The number of rotatable bonds is 2. The van der Waals surface area contributed by atoms with Gasteiger partial charge in [-0.15, -0.1) is 0 Å². The molecule has 0 bridgehead atoms. The van der Waals surface area contributed by atoms with Gasteiger partial charge in [-0.25, -0.2) is 4.68 Å². The van der Waals surface area contributed by atoms with Gasteiger partial charge in [-0.2, -0.15) is 5.10 Å². The van der Waals surface area contributed by atoms with E-state index >= 15 is 0 Å². The van der Waals surface area contributed by atoms with Gasteiger partial charge in [0.1, 0.15) is 0 Å². The molecule has 17 heavy (non-hydrogen) atoms. The molecule has 5 heteroatoms. The first-order valence-electron chi connectivity index (χ1n) is 4.95. The molecule has 0 radical (unpaired) electrons. The molecule has 86 valence electrons. The lowest BCUT2D eigenvalue weighted by atomic mass is 10.3. The van der Waals surface area contributed by atoms with E-state index in [9.17, 15) is 9.59 Å². The zero-order valence-corrected chi connectivity index (χ0v) is 9.81. The first-order chi connectivity index (χ1) is 8.08. The maximum Gasteiger partial charge on any atom is 0.211 e. The van der Waals surface area contributed by atoms with Gasteiger partial charge in [0.2, 0.25) is 5.43 Å². The lowest BCUT2D eigenvalue weighted by molar-refractivity contribution is 0.101. The van der Waals surface area contributed by atoms with Crippen molar-refractivity contribution in [3.8, 4) is 5.69 Å². The molecule has 0 spiro atoms. The summed E-state index contributed by atoms with van der Waals surface area (Å²) in [6.45, 7) is 1.32. The molecule has 2 rings (SSSR count). The van der Waals surface area contributed by atoms with E-state index in [0.717, 1.165) is 5.69 Å². The molecule has 0 N–H and O–H groups in total. The van der Waals surface area contributed by atoms with Crippen LogP contribution in [0.25, 0.3) is 5.69 Å². The monoisotopic (exact) mass is 248 g/mol. The molecule has 0 aliphatic heterocycles. The Labute approximate surface area is 102 Å². The normalized spacial score (nSPS) is 10.2. The van der Waals surface area contributed by atoms with E-state index in [0.29, 0.717) is 5.02 Å². The minimum Gasteiger partial charge on any atom is -0.293 e. The highest BCUT2D eigenvalue weighted by Crippen LogP contribution is 2.11. The predicted molar refractivity (Wildman–Crippen MR) is 64.8 cm³/mol. The molecule has 1 heterocycles. The van der Waals surface area contributed by atoms with E-state index in [1.165, 1.54) is 23.9 Å². The number of ketones is 1. The van der Waals surface area contributed by atoms with Crippen molar-refractivity contribution in [1.82, 2.24) is 9.78 Å². The standard InChI is InChI=1S/C12H9ClN2O2/c1-8(16)12-11(17)6-7-15(14-12)10-4-2-9(13)3-5-10/h2-7H,1H3. The van der Waals surface area contributed by atoms with Crippen molar-refractivity contribution < 1.29 is 4.79 Å². The van der Waals surface area contributed by atoms with Crippen molar-refractivity contribution in [3.63, 3.8) is 0 Å². The molecule has 1 aromatic carbocycles. The molecule has 0 aliphatic rings. The second-order valence-corrected chi connectivity index (χ2v) is 3.94. The maximum atomic E-state index is 11.4. The molecule has 0 saturated heterocycles. The Morgan fingerprint density at radius 1 is 1.24 bits per heavy atom. The number of benzene rings is 1. The minimum atomic E-state index is -0.372. The van der Waals surface area contributed by atoms with Crippen molar-refractivity contribution >= 4 is 17.4 Å². The molecule has 0 saturated carbocycles. The van der Waals surface area contributed by atoms with Crippen LogP contribution in [0.4, 0.5) is 0 Å². The average molecular weight is 249 g/mol. The first-order valence-corrected chi connectivity index (χ1v) is 5.32. The van der Waals surface area contributed by atoms with E-state index < -0.39 is 0 Å². The molecule has 0 unspecified atom stereocenters. The van der Waals surface area contributed by atoms with Crippen LogP contribution in [0.5, 0.6) is 0 Å². The zero-order valence-electron chi connectivity index (χ0n) is 9.05. The highest BCUT2D eigenvalue weighted by atomic mass is 35.5.